The molecular formula is C22H31NO2. The van der Waals surface area contributed by atoms with Crippen LogP contribution in [0, 0.1) is 5.92 Å². The van der Waals surface area contributed by atoms with Crippen LogP contribution in [0.2, 0.25) is 0 Å². The number of aryl methyl sites for hydroxylation is 1. The van der Waals surface area contributed by atoms with Crippen molar-refractivity contribution in [2.75, 3.05) is 20.3 Å². The highest BCUT2D eigenvalue weighted by atomic mass is 16.5. The Morgan fingerprint density at radius 3 is 2.48 bits per heavy atom. The summed E-state index contributed by atoms with van der Waals surface area (Å²) in [5, 5.41) is 3.50. The highest BCUT2D eigenvalue weighted by Crippen LogP contribution is 2.28. The smallest absolute Gasteiger partial charge is 0.161 e. The Hall–Kier alpha value is -2.00. The van der Waals surface area contributed by atoms with Gasteiger partial charge in [-0.15, -0.1) is 0 Å². The van der Waals surface area contributed by atoms with E-state index in [2.05, 4.69) is 61.6 Å². The average molecular weight is 341 g/mol. The lowest BCUT2D eigenvalue weighted by Crippen LogP contribution is -2.15. The highest BCUT2D eigenvalue weighted by Gasteiger charge is 2.06. The van der Waals surface area contributed by atoms with E-state index >= 15 is 0 Å². The highest BCUT2D eigenvalue weighted by molar-refractivity contribution is 5.42. The van der Waals surface area contributed by atoms with Gasteiger partial charge in [0.25, 0.3) is 0 Å². The maximum Gasteiger partial charge on any atom is 0.161 e. The molecule has 0 heterocycles. The fourth-order valence-corrected chi connectivity index (χ4v) is 2.64. The van der Waals surface area contributed by atoms with Crippen LogP contribution < -0.4 is 14.8 Å². The van der Waals surface area contributed by atoms with Crippen LogP contribution in [0.3, 0.4) is 0 Å². The number of rotatable bonds is 11. The number of nitrogens with one attached hydrogen (secondary N) is 1. The van der Waals surface area contributed by atoms with Crippen LogP contribution in [0.15, 0.2) is 48.5 Å². The molecule has 2 aromatic carbocycles. The average Bonchev–Trinajstić information content (AvgIpc) is 2.63. The Labute approximate surface area is 152 Å². The molecule has 0 amide bonds. The molecule has 0 unspecified atom stereocenters. The van der Waals surface area contributed by atoms with E-state index in [1.807, 2.05) is 6.07 Å². The first-order valence-corrected chi connectivity index (χ1v) is 9.23. The van der Waals surface area contributed by atoms with Gasteiger partial charge in [-0.25, -0.2) is 0 Å². The Balaban J connectivity index is 1.74. The van der Waals surface area contributed by atoms with Crippen LogP contribution in [-0.4, -0.2) is 20.3 Å². The van der Waals surface area contributed by atoms with Gasteiger partial charge in [0.15, 0.2) is 11.5 Å². The first-order chi connectivity index (χ1) is 12.2. The van der Waals surface area contributed by atoms with Crippen LogP contribution in [0.1, 0.15) is 37.8 Å². The van der Waals surface area contributed by atoms with Crippen LogP contribution in [-0.2, 0) is 13.0 Å². The quantitative estimate of drug-likeness (QED) is 0.593. The summed E-state index contributed by atoms with van der Waals surface area (Å²) in [4.78, 5) is 0. The topological polar surface area (TPSA) is 30.5 Å². The second kappa shape index (κ2) is 10.8. The van der Waals surface area contributed by atoms with Crippen LogP contribution in [0.25, 0.3) is 0 Å². The van der Waals surface area contributed by atoms with Gasteiger partial charge >= 0.3 is 0 Å². The van der Waals surface area contributed by atoms with E-state index in [4.69, 9.17) is 9.47 Å². The lowest BCUT2D eigenvalue weighted by molar-refractivity contribution is 0.273. The number of ether oxygens (including phenoxy) is 2. The van der Waals surface area contributed by atoms with Crippen molar-refractivity contribution in [3.8, 4) is 11.5 Å². The molecule has 0 saturated heterocycles. The molecule has 25 heavy (non-hydrogen) atoms. The molecule has 2 aromatic rings. The third kappa shape index (κ3) is 7.18. The molecular weight excluding hydrogens is 310 g/mol. The van der Waals surface area contributed by atoms with E-state index in [-0.39, 0.29) is 0 Å². The van der Waals surface area contributed by atoms with Crippen molar-refractivity contribution < 1.29 is 9.47 Å². The van der Waals surface area contributed by atoms with E-state index in [0.717, 1.165) is 50.5 Å². The molecule has 1 N–H and O–H groups in total. The van der Waals surface area contributed by atoms with Crippen molar-refractivity contribution in [2.45, 2.75) is 39.7 Å². The molecule has 0 spiro atoms. The van der Waals surface area contributed by atoms with Gasteiger partial charge in [0.1, 0.15) is 0 Å². The molecule has 0 aromatic heterocycles. The zero-order chi connectivity index (χ0) is 17.9. The predicted octanol–water partition coefficient (Wildman–Crippen LogP) is 4.84. The largest absolute Gasteiger partial charge is 0.493 e. The van der Waals surface area contributed by atoms with Gasteiger partial charge < -0.3 is 14.8 Å². The normalized spacial score (nSPS) is 10.9. The summed E-state index contributed by atoms with van der Waals surface area (Å²) in [6.45, 7) is 6.98. The zero-order valence-corrected chi connectivity index (χ0v) is 15.8. The van der Waals surface area contributed by atoms with Gasteiger partial charge in [-0.2, -0.15) is 0 Å². The van der Waals surface area contributed by atoms with Crippen molar-refractivity contribution >= 4 is 0 Å². The molecule has 0 aliphatic rings. The van der Waals surface area contributed by atoms with Crippen molar-refractivity contribution in [3.05, 3.63) is 59.7 Å². The van der Waals surface area contributed by atoms with E-state index in [9.17, 15) is 0 Å². The lowest BCUT2D eigenvalue weighted by atomic mass is 10.1. The van der Waals surface area contributed by atoms with E-state index < -0.39 is 0 Å². The maximum atomic E-state index is 5.84. The van der Waals surface area contributed by atoms with Gasteiger partial charge in [-0.05, 0) is 55.0 Å². The minimum absolute atomic E-state index is 0.644. The summed E-state index contributed by atoms with van der Waals surface area (Å²) < 4.78 is 11.3. The van der Waals surface area contributed by atoms with E-state index in [1.165, 1.54) is 11.1 Å². The minimum Gasteiger partial charge on any atom is -0.493 e. The van der Waals surface area contributed by atoms with Gasteiger partial charge in [0.2, 0.25) is 0 Å². The van der Waals surface area contributed by atoms with Gasteiger partial charge in [0, 0.05) is 6.54 Å². The second-order valence-electron chi connectivity index (χ2n) is 6.78. The number of hydrogen-bond donors (Lipinski definition) is 1. The second-order valence-corrected chi connectivity index (χ2v) is 6.78. The Morgan fingerprint density at radius 1 is 0.960 bits per heavy atom. The Morgan fingerprint density at radius 2 is 1.76 bits per heavy atom. The Kier molecular flexibility index (Phi) is 8.33. The SMILES string of the molecule is COc1cc(CNCCCc2ccccc2)ccc1OCCC(C)C. The third-order valence-corrected chi connectivity index (χ3v) is 4.17. The number of methoxy groups -OCH3 is 1. The van der Waals surface area contributed by atoms with Crippen molar-refractivity contribution in [1.82, 2.24) is 5.32 Å². The van der Waals surface area contributed by atoms with Gasteiger partial charge in [-0.1, -0.05) is 50.2 Å². The molecule has 0 atom stereocenters. The molecule has 0 aliphatic carbocycles. The summed E-state index contributed by atoms with van der Waals surface area (Å²) in [5.41, 5.74) is 2.61. The standard InChI is InChI=1S/C22H31NO2/c1-18(2)13-15-25-21-12-11-20(16-22(21)24-3)17-23-14-7-10-19-8-5-4-6-9-19/h4-6,8-9,11-12,16,18,23H,7,10,13-15,17H2,1-3H3. The molecule has 0 saturated carbocycles. The molecule has 2 rings (SSSR count). The summed E-state index contributed by atoms with van der Waals surface area (Å²) in [6.07, 6.45) is 3.30. The summed E-state index contributed by atoms with van der Waals surface area (Å²) >= 11 is 0. The predicted molar refractivity (Wildman–Crippen MR) is 104 cm³/mol. The van der Waals surface area contributed by atoms with Gasteiger partial charge in [-0.3, -0.25) is 0 Å². The first kappa shape index (κ1) is 19.3. The zero-order valence-electron chi connectivity index (χ0n) is 15.8. The molecule has 0 fully saturated rings. The van der Waals surface area contributed by atoms with Crippen LogP contribution in [0.4, 0.5) is 0 Å². The molecule has 136 valence electrons. The molecule has 3 heteroatoms. The lowest BCUT2D eigenvalue weighted by Gasteiger charge is -2.13. The van der Waals surface area contributed by atoms with Crippen molar-refractivity contribution in [2.24, 2.45) is 5.92 Å². The maximum absolute atomic E-state index is 5.84. The monoisotopic (exact) mass is 341 g/mol. The fourth-order valence-electron chi connectivity index (χ4n) is 2.64. The fraction of sp³-hybridized carbons (Fsp3) is 0.455. The van der Waals surface area contributed by atoms with Gasteiger partial charge in [0.05, 0.1) is 13.7 Å². The first-order valence-electron chi connectivity index (χ1n) is 9.23. The van der Waals surface area contributed by atoms with E-state index in [1.54, 1.807) is 7.11 Å². The van der Waals surface area contributed by atoms with Crippen molar-refractivity contribution in [1.29, 1.82) is 0 Å². The summed E-state index contributed by atoms with van der Waals surface area (Å²) in [5.74, 6) is 2.29. The summed E-state index contributed by atoms with van der Waals surface area (Å²) in [7, 11) is 1.70. The molecule has 0 radical (unpaired) electrons. The molecule has 0 bridgehead atoms. The molecule has 3 nitrogen and oxygen atoms in total. The summed E-state index contributed by atoms with van der Waals surface area (Å²) in [6, 6.07) is 16.8. The van der Waals surface area contributed by atoms with Crippen LogP contribution >= 0.6 is 0 Å². The van der Waals surface area contributed by atoms with Crippen molar-refractivity contribution in [3.63, 3.8) is 0 Å². The number of benzene rings is 2. The number of hydrogen-bond acceptors (Lipinski definition) is 3. The van der Waals surface area contributed by atoms with E-state index in [0.29, 0.717) is 5.92 Å². The van der Waals surface area contributed by atoms with Crippen LogP contribution in [0.5, 0.6) is 11.5 Å². The minimum atomic E-state index is 0.644. The third-order valence-electron chi connectivity index (χ3n) is 4.17. The Bertz CT molecular complexity index is 611. The molecule has 0 aliphatic heterocycles.